The maximum atomic E-state index is 13.8. The first-order valence-electron chi connectivity index (χ1n) is 12.1. The van der Waals surface area contributed by atoms with E-state index in [2.05, 4.69) is 32.2 Å². The Morgan fingerprint density at radius 3 is 2.14 bits per heavy atom. The summed E-state index contributed by atoms with van der Waals surface area (Å²) < 4.78 is 0. The second-order valence-electron chi connectivity index (χ2n) is 9.59. The van der Waals surface area contributed by atoms with Crippen molar-refractivity contribution in [1.29, 1.82) is 0 Å². The fourth-order valence-corrected chi connectivity index (χ4v) is 4.08. The summed E-state index contributed by atoms with van der Waals surface area (Å²) in [7, 11) is 0. The number of carbonyl (C=O) groups is 2. The van der Waals surface area contributed by atoms with Crippen molar-refractivity contribution in [2.24, 2.45) is 5.92 Å². The quantitative estimate of drug-likeness (QED) is 0.384. The zero-order chi connectivity index (χ0) is 25.4. The molecular weight excluding hydrogens is 456 g/mol. The minimum Gasteiger partial charge on any atom is -0.354 e. The fourth-order valence-electron chi connectivity index (χ4n) is 3.95. The highest BCUT2D eigenvalue weighted by Crippen LogP contribution is 2.19. The van der Waals surface area contributed by atoms with Crippen LogP contribution in [0, 0.1) is 19.8 Å². The molecule has 1 N–H and O–H groups in total. The molecule has 0 bridgehead atoms. The minimum atomic E-state index is -0.633. The zero-order valence-corrected chi connectivity index (χ0v) is 21.8. The van der Waals surface area contributed by atoms with Gasteiger partial charge in [-0.25, -0.2) is 0 Å². The Morgan fingerprint density at radius 1 is 0.857 bits per heavy atom. The molecule has 4 nitrogen and oxygen atoms in total. The Kier molecular flexibility index (Phi) is 9.50. The van der Waals surface area contributed by atoms with Gasteiger partial charge in [0.05, 0.1) is 6.42 Å². The molecule has 0 aliphatic rings. The van der Waals surface area contributed by atoms with Crippen LogP contribution in [0.15, 0.2) is 72.8 Å². The third kappa shape index (κ3) is 7.97. The van der Waals surface area contributed by atoms with E-state index in [4.69, 9.17) is 11.6 Å². The molecular formula is C30H35ClN2O2. The standard InChI is InChI=1S/C30H35ClN2O2/c1-21(2)19-32-30(35)28(17-24-8-6-5-7-9-24)33(20-25-12-14-27(31)15-13-25)29(34)18-26-11-10-22(3)23(4)16-26/h5-16,21,28H,17-20H2,1-4H3,(H,32,35)/t28-/m1/s1. The van der Waals surface area contributed by atoms with Gasteiger partial charge in [-0.1, -0.05) is 86.1 Å². The number of hydrogen-bond donors (Lipinski definition) is 1. The van der Waals surface area contributed by atoms with E-state index in [0.717, 1.165) is 22.3 Å². The molecule has 0 unspecified atom stereocenters. The van der Waals surface area contributed by atoms with Crippen LogP contribution in [0.4, 0.5) is 0 Å². The summed E-state index contributed by atoms with van der Waals surface area (Å²) in [5.41, 5.74) is 5.22. The molecule has 3 aromatic carbocycles. The summed E-state index contributed by atoms with van der Waals surface area (Å²) in [5, 5.41) is 3.70. The molecule has 5 heteroatoms. The molecule has 3 rings (SSSR count). The highest BCUT2D eigenvalue weighted by molar-refractivity contribution is 6.30. The van der Waals surface area contributed by atoms with Crippen LogP contribution < -0.4 is 5.32 Å². The second-order valence-corrected chi connectivity index (χ2v) is 10.0. The molecule has 0 fully saturated rings. The predicted molar refractivity (Wildman–Crippen MR) is 143 cm³/mol. The Bertz CT molecular complexity index is 1130. The van der Waals surface area contributed by atoms with E-state index in [-0.39, 0.29) is 18.2 Å². The maximum absolute atomic E-state index is 13.8. The average Bonchev–Trinajstić information content (AvgIpc) is 2.84. The Balaban J connectivity index is 1.95. The van der Waals surface area contributed by atoms with E-state index < -0.39 is 6.04 Å². The topological polar surface area (TPSA) is 49.4 Å². The molecule has 0 spiro atoms. The van der Waals surface area contributed by atoms with Crippen LogP contribution in [-0.2, 0) is 29.0 Å². The van der Waals surface area contributed by atoms with Gasteiger partial charge in [-0.3, -0.25) is 9.59 Å². The number of rotatable bonds is 10. The van der Waals surface area contributed by atoms with Crippen LogP contribution in [0.25, 0.3) is 0 Å². The number of halogens is 1. The molecule has 0 heterocycles. The lowest BCUT2D eigenvalue weighted by molar-refractivity contribution is -0.140. The summed E-state index contributed by atoms with van der Waals surface area (Å²) in [4.78, 5) is 29.0. The van der Waals surface area contributed by atoms with Gasteiger partial charge in [-0.05, 0) is 59.7 Å². The van der Waals surface area contributed by atoms with E-state index in [0.29, 0.717) is 30.5 Å². The van der Waals surface area contributed by atoms with Crippen molar-refractivity contribution in [2.75, 3.05) is 6.54 Å². The molecule has 3 aromatic rings. The molecule has 184 valence electrons. The number of nitrogens with zero attached hydrogens (tertiary/aromatic N) is 1. The number of carbonyl (C=O) groups excluding carboxylic acids is 2. The van der Waals surface area contributed by atoms with Crippen molar-refractivity contribution < 1.29 is 9.59 Å². The van der Waals surface area contributed by atoms with Crippen LogP contribution in [0.5, 0.6) is 0 Å². The van der Waals surface area contributed by atoms with Crippen molar-refractivity contribution in [3.8, 4) is 0 Å². The van der Waals surface area contributed by atoms with Gasteiger partial charge in [0.2, 0.25) is 11.8 Å². The molecule has 0 radical (unpaired) electrons. The maximum Gasteiger partial charge on any atom is 0.243 e. The highest BCUT2D eigenvalue weighted by atomic mass is 35.5. The van der Waals surface area contributed by atoms with Gasteiger partial charge in [0.25, 0.3) is 0 Å². The fraction of sp³-hybridized carbons (Fsp3) is 0.333. The van der Waals surface area contributed by atoms with E-state index in [1.807, 2.05) is 73.7 Å². The Hall–Kier alpha value is -3.11. The Labute approximate surface area is 214 Å². The lowest BCUT2D eigenvalue weighted by Gasteiger charge is -2.32. The van der Waals surface area contributed by atoms with Crippen molar-refractivity contribution in [2.45, 2.75) is 53.1 Å². The minimum absolute atomic E-state index is 0.0798. The largest absolute Gasteiger partial charge is 0.354 e. The molecule has 2 amide bonds. The molecule has 0 aliphatic heterocycles. The van der Waals surface area contributed by atoms with Gasteiger partial charge in [0.15, 0.2) is 0 Å². The third-order valence-corrected chi connectivity index (χ3v) is 6.40. The second kappa shape index (κ2) is 12.6. The van der Waals surface area contributed by atoms with Gasteiger partial charge in [0.1, 0.15) is 6.04 Å². The van der Waals surface area contributed by atoms with Crippen molar-refractivity contribution >= 4 is 23.4 Å². The monoisotopic (exact) mass is 490 g/mol. The summed E-state index contributed by atoms with van der Waals surface area (Å²) in [5.74, 6) is 0.0982. The van der Waals surface area contributed by atoms with Gasteiger partial charge in [0, 0.05) is 24.5 Å². The van der Waals surface area contributed by atoms with E-state index >= 15 is 0 Å². The molecule has 0 saturated carbocycles. The molecule has 1 atom stereocenters. The smallest absolute Gasteiger partial charge is 0.243 e. The first kappa shape index (κ1) is 26.5. The van der Waals surface area contributed by atoms with Gasteiger partial charge < -0.3 is 10.2 Å². The lowest BCUT2D eigenvalue weighted by Crippen LogP contribution is -2.51. The number of benzene rings is 3. The predicted octanol–water partition coefficient (Wildman–Crippen LogP) is 5.91. The van der Waals surface area contributed by atoms with Crippen molar-refractivity contribution in [1.82, 2.24) is 10.2 Å². The van der Waals surface area contributed by atoms with Gasteiger partial charge in [-0.2, -0.15) is 0 Å². The lowest BCUT2D eigenvalue weighted by atomic mass is 10.00. The van der Waals surface area contributed by atoms with Crippen LogP contribution in [0.3, 0.4) is 0 Å². The highest BCUT2D eigenvalue weighted by Gasteiger charge is 2.30. The van der Waals surface area contributed by atoms with Crippen LogP contribution in [0.1, 0.15) is 41.7 Å². The number of hydrogen-bond acceptors (Lipinski definition) is 2. The van der Waals surface area contributed by atoms with Gasteiger partial charge >= 0.3 is 0 Å². The molecule has 0 aromatic heterocycles. The number of aryl methyl sites for hydroxylation is 2. The van der Waals surface area contributed by atoms with Crippen LogP contribution in [-0.4, -0.2) is 29.3 Å². The molecule has 0 aliphatic carbocycles. The summed E-state index contributed by atoms with van der Waals surface area (Å²) >= 11 is 6.09. The first-order valence-corrected chi connectivity index (χ1v) is 12.5. The van der Waals surface area contributed by atoms with E-state index in [1.165, 1.54) is 5.56 Å². The molecule has 35 heavy (non-hydrogen) atoms. The Morgan fingerprint density at radius 2 is 1.51 bits per heavy atom. The van der Waals surface area contributed by atoms with E-state index in [1.54, 1.807) is 4.90 Å². The van der Waals surface area contributed by atoms with Crippen LogP contribution in [0.2, 0.25) is 5.02 Å². The van der Waals surface area contributed by atoms with Gasteiger partial charge in [-0.15, -0.1) is 0 Å². The average molecular weight is 491 g/mol. The first-order chi connectivity index (χ1) is 16.7. The normalized spacial score (nSPS) is 11.8. The number of amides is 2. The summed E-state index contributed by atoms with van der Waals surface area (Å²) in [6.45, 7) is 9.11. The van der Waals surface area contributed by atoms with Crippen LogP contribution >= 0.6 is 11.6 Å². The van der Waals surface area contributed by atoms with Crippen molar-refractivity contribution in [3.05, 3.63) is 106 Å². The SMILES string of the molecule is Cc1ccc(CC(=O)N(Cc2ccc(Cl)cc2)[C@H](Cc2ccccc2)C(=O)NCC(C)C)cc1C. The van der Waals surface area contributed by atoms with E-state index in [9.17, 15) is 9.59 Å². The summed E-state index contributed by atoms with van der Waals surface area (Å²) in [6, 6.07) is 22.8. The number of nitrogens with one attached hydrogen (secondary N) is 1. The third-order valence-electron chi connectivity index (χ3n) is 6.15. The zero-order valence-electron chi connectivity index (χ0n) is 21.1. The molecule has 0 saturated heterocycles. The summed E-state index contributed by atoms with van der Waals surface area (Å²) in [6.07, 6.45) is 0.675. The van der Waals surface area contributed by atoms with Crippen molar-refractivity contribution in [3.63, 3.8) is 0 Å².